The number of carbonyl (C=O) groups excluding carboxylic acids is 2. The molecule has 22 heavy (non-hydrogen) atoms. The highest BCUT2D eigenvalue weighted by atomic mass is 16.6. The standard InChI is InChI=1S/C16H24N2O4/c1-10(2)14(19)21-13-8-6-7-12(11(13)9-17)18-15(20)22-16(3,4)5/h6-8,10H,9,17H2,1-5H3,(H,18,20). The van der Waals surface area contributed by atoms with Crippen LogP contribution in [0.1, 0.15) is 40.2 Å². The zero-order chi connectivity index (χ0) is 16.9. The second-order valence-corrected chi connectivity index (χ2v) is 6.19. The first-order valence-corrected chi connectivity index (χ1v) is 7.17. The number of anilines is 1. The molecule has 0 aliphatic rings. The monoisotopic (exact) mass is 308 g/mol. The van der Waals surface area contributed by atoms with Gasteiger partial charge < -0.3 is 15.2 Å². The summed E-state index contributed by atoms with van der Waals surface area (Å²) < 4.78 is 10.5. The molecule has 3 N–H and O–H groups in total. The van der Waals surface area contributed by atoms with Gasteiger partial charge in [-0.3, -0.25) is 10.1 Å². The minimum Gasteiger partial charge on any atom is -0.444 e. The van der Waals surface area contributed by atoms with Crippen molar-refractivity contribution in [2.24, 2.45) is 11.7 Å². The van der Waals surface area contributed by atoms with Crippen molar-refractivity contribution in [3.63, 3.8) is 0 Å². The summed E-state index contributed by atoms with van der Waals surface area (Å²) in [4.78, 5) is 23.6. The highest BCUT2D eigenvalue weighted by Gasteiger charge is 2.19. The van der Waals surface area contributed by atoms with Gasteiger partial charge in [-0.1, -0.05) is 19.9 Å². The lowest BCUT2D eigenvalue weighted by molar-refractivity contribution is -0.137. The first-order chi connectivity index (χ1) is 10.1. The normalized spacial score (nSPS) is 11.2. The molecule has 0 atom stereocenters. The van der Waals surface area contributed by atoms with Crippen molar-refractivity contribution in [3.05, 3.63) is 23.8 Å². The predicted molar refractivity (Wildman–Crippen MR) is 84.7 cm³/mol. The van der Waals surface area contributed by atoms with Gasteiger partial charge in [-0.2, -0.15) is 0 Å². The van der Waals surface area contributed by atoms with Gasteiger partial charge in [-0.15, -0.1) is 0 Å². The fraction of sp³-hybridized carbons (Fsp3) is 0.500. The molecule has 0 aliphatic heterocycles. The van der Waals surface area contributed by atoms with Crippen molar-refractivity contribution >= 4 is 17.7 Å². The van der Waals surface area contributed by atoms with Gasteiger partial charge in [0.15, 0.2) is 0 Å². The van der Waals surface area contributed by atoms with Crippen LogP contribution < -0.4 is 15.8 Å². The third-order valence-electron chi connectivity index (χ3n) is 2.65. The SMILES string of the molecule is CC(C)C(=O)Oc1cccc(NC(=O)OC(C)(C)C)c1CN. The van der Waals surface area contributed by atoms with Gasteiger partial charge in [0.2, 0.25) is 0 Å². The molecule has 1 aromatic carbocycles. The maximum absolute atomic E-state index is 11.9. The number of nitrogens with two attached hydrogens (primary N) is 1. The number of esters is 1. The van der Waals surface area contributed by atoms with E-state index in [2.05, 4.69) is 5.32 Å². The smallest absolute Gasteiger partial charge is 0.412 e. The average molecular weight is 308 g/mol. The Morgan fingerprint density at radius 1 is 1.27 bits per heavy atom. The van der Waals surface area contributed by atoms with E-state index >= 15 is 0 Å². The van der Waals surface area contributed by atoms with Crippen molar-refractivity contribution in [1.82, 2.24) is 0 Å². The first kappa shape index (κ1) is 18.0. The van der Waals surface area contributed by atoms with Gasteiger partial charge in [-0.05, 0) is 32.9 Å². The zero-order valence-electron chi connectivity index (χ0n) is 13.7. The number of amides is 1. The first-order valence-electron chi connectivity index (χ1n) is 7.17. The maximum atomic E-state index is 11.9. The summed E-state index contributed by atoms with van der Waals surface area (Å²) in [5, 5.41) is 2.63. The second-order valence-electron chi connectivity index (χ2n) is 6.19. The van der Waals surface area contributed by atoms with Crippen LogP contribution in [-0.2, 0) is 16.1 Å². The van der Waals surface area contributed by atoms with Crippen LogP contribution in [0.15, 0.2) is 18.2 Å². The molecular formula is C16H24N2O4. The van der Waals surface area contributed by atoms with Crippen molar-refractivity contribution in [1.29, 1.82) is 0 Å². The molecule has 6 nitrogen and oxygen atoms in total. The molecule has 1 rings (SSSR count). The van der Waals surface area contributed by atoms with Crippen LogP contribution in [0.25, 0.3) is 0 Å². The Balaban J connectivity index is 2.97. The molecule has 0 heterocycles. The van der Waals surface area contributed by atoms with Crippen LogP contribution in [-0.4, -0.2) is 17.7 Å². The molecule has 122 valence electrons. The van der Waals surface area contributed by atoms with Crippen LogP contribution >= 0.6 is 0 Å². The highest BCUT2D eigenvalue weighted by Crippen LogP contribution is 2.27. The van der Waals surface area contributed by atoms with Gasteiger partial charge in [0.1, 0.15) is 11.4 Å². The summed E-state index contributed by atoms with van der Waals surface area (Å²) in [6.07, 6.45) is -0.588. The molecular weight excluding hydrogens is 284 g/mol. The fourth-order valence-corrected chi connectivity index (χ4v) is 1.63. The molecule has 0 aliphatic carbocycles. The van der Waals surface area contributed by atoms with E-state index in [0.717, 1.165) is 0 Å². The lowest BCUT2D eigenvalue weighted by Crippen LogP contribution is -2.27. The van der Waals surface area contributed by atoms with E-state index in [4.69, 9.17) is 15.2 Å². The summed E-state index contributed by atoms with van der Waals surface area (Å²) in [6.45, 7) is 8.93. The summed E-state index contributed by atoms with van der Waals surface area (Å²) in [6, 6.07) is 5.00. The van der Waals surface area contributed by atoms with E-state index in [0.29, 0.717) is 17.0 Å². The lowest BCUT2D eigenvalue weighted by atomic mass is 10.1. The Labute approximate surface area is 131 Å². The molecule has 6 heteroatoms. The van der Waals surface area contributed by atoms with E-state index < -0.39 is 11.7 Å². The number of carbonyl (C=O) groups is 2. The van der Waals surface area contributed by atoms with Crippen molar-refractivity contribution < 1.29 is 19.1 Å². The summed E-state index contributed by atoms with van der Waals surface area (Å²) >= 11 is 0. The molecule has 0 spiro atoms. The Kier molecular flexibility index (Phi) is 5.93. The van der Waals surface area contributed by atoms with Gasteiger partial charge in [-0.25, -0.2) is 4.79 Å². The average Bonchev–Trinajstić information content (AvgIpc) is 2.36. The minimum atomic E-state index is -0.602. The Bertz CT molecular complexity index is 548. The van der Waals surface area contributed by atoms with E-state index in [-0.39, 0.29) is 18.4 Å². The molecule has 0 saturated heterocycles. The topological polar surface area (TPSA) is 90.6 Å². The van der Waals surface area contributed by atoms with Crippen LogP contribution in [0, 0.1) is 5.92 Å². The van der Waals surface area contributed by atoms with Crippen molar-refractivity contribution in [2.45, 2.75) is 46.8 Å². The van der Waals surface area contributed by atoms with Crippen molar-refractivity contribution in [3.8, 4) is 5.75 Å². The molecule has 0 aromatic heterocycles. The quantitative estimate of drug-likeness (QED) is 0.659. The number of benzene rings is 1. The van der Waals surface area contributed by atoms with Gasteiger partial charge in [0.05, 0.1) is 11.6 Å². The molecule has 0 bridgehead atoms. The molecule has 0 unspecified atom stereocenters. The third-order valence-corrected chi connectivity index (χ3v) is 2.65. The van der Waals surface area contributed by atoms with E-state index in [1.807, 2.05) is 0 Å². The van der Waals surface area contributed by atoms with Crippen LogP contribution in [0.3, 0.4) is 0 Å². The fourth-order valence-electron chi connectivity index (χ4n) is 1.63. The third kappa shape index (κ3) is 5.37. The number of hydrogen-bond donors (Lipinski definition) is 2. The van der Waals surface area contributed by atoms with Crippen LogP contribution in [0.5, 0.6) is 5.75 Å². The van der Waals surface area contributed by atoms with E-state index in [9.17, 15) is 9.59 Å². The van der Waals surface area contributed by atoms with E-state index in [1.165, 1.54) is 0 Å². The Morgan fingerprint density at radius 2 is 1.91 bits per heavy atom. The number of rotatable bonds is 4. The number of nitrogens with one attached hydrogen (secondary N) is 1. The Hall–Kier alpha value is -2.08. The minimum absolute atomic E-state index is 0.118. The second kappa shape index (κ2) is 7.26. The van der Waals surface area contributed by atoms with Crippen molar-refractivity contribution in [2.75, 3.05) is 5.32 Å². The summed E-state index contributed by atoms with van der Waals surface area (Å²) in [7, 11) is 0. The molecule has 1 aromatic rings. The predicted octanol–water partition coefficient (Wildman–Crippen LogP) is 3.05. The van der Waals surface area contributed by atoms with Crippen LogP contribution in [0.2, 0.25) is 0 Å². The maximum Gasteiger partial charge on any atom is 0.412 e. The largest absolute Gasteiger partial charge is 0.444 e. The molecule has 0 saturated carbocycles. The molecule has 0 fully saturated rings. The van der Waals surface area contributed by atoms with Gasteiger partial charge in [0, 0.05) is 12.1 Å². The summed E-state index contributed by atoms with van der Waals surface area (Å²) in [5.41, 5.74) is 6.13. The lowest BCUT2D eigenvalue weighted by Gasteiger charge is -2.21. The van der Waals surface area contributed by atoms with E-state index in [1.54, 1.807) is 52.8 Å². The highest BCUT2D eigenvalue weighted by molar-refractivity contribution is 5.87. The molecule has 0 radical (unpaired) electrons. The Morgan fingerprint density at radius 3 is 2.41 bits per heavy atom. The number of hydrogen-bond acceptors (Lipinski definition) is 5. The van der Waals surface area contributed by atoms with Gasteiger partial charge in [0.25, 0.3) is 0 Å². The van der Waals surface area contributed by atoms with Crippen LogP contribution in [0.4, 0.5) is 10.5 Å². The summed E-state index contributed by atoms with van der Waals surface area (Å²) in [5.74, 6) is -0.271. The van der Waals surface area contributed by atoms with Gasteiger partial charge >= 0.3 is 12.1 Å². The zero-order valence-corrected chi connectivity index (χ0v) is 13.7. The number of ether oxygens (including phenoxy) is 2. The molecule has 1 amide bonds.